The second-order valence-electron chi connectivity index (χ2n) is 5.65. The Bertz CT molecular complexity index is 735. The van der Waals surface area contributed by atoms with Crippen LogP contribution in [-0.4, -0.2) is 20.7 Å². The lowest BCUT2D eigenvalue weighted by atomic mass is 9.95. The SMILES string of the molecule is COc1ccc([C@H]2C(Br)(Br)[C@@]23Cn2cccc2C3=O)cc1. The Morgan fingerprint density at radius 1 is 1.24 bits per heavy atom. The normalized spacial score (nSPS) is 28.7. The number of alkyl halides is 2. The molecule has 21 heavy (non-hydrogen) atoms. The highest BCUT2D eigenvalue weighted by atomic mass is 79.9. The first kappa shape index (κ1) is 13.6. The van der Waals surface area contributed by atoms with Gasteiger partial charge in [0, 0.05) is 18.7 Å². The number of rotatable bonds is 2. The third-order valence-corrected chi connectivity index (χ3v) is 7.03. The average Bonchev–Trinajstić information content (AvgIpc) is 2.81. The maximum Gasteiger partial charge on any atom is 0.190 e. The molecular formula is C16H13Br2NO2. The van der Waals surface area contributed by atoms with Crippen molar-refractivity contribution in [3.05, 3.63) is 53.9 Å². The van der Waals surface area contributed by atoms with Crippen molar-refractivity contribution in [3.63, 3.8) is 0 Å². The Balaban J connectivity index is 1.75. The number of carbonyl (C=O) groups excluding carboxylic acids is 1. The molecule has 1 saturated carbocycles. The molecule has 1 spiro atoms. The van der Waals surface area contributed by atoms with E-state index in [0.29, 0.717) is 6.54 Å². The van der Waals surface area contributed by atoms with Gasteiger partial charge in [-0.2, -0.15) is 0 Å². The number of hydrogen-bond donors (Lipinski definition) is 0. The third kappa shape index (κ3) is 1.56. The topological polar surface area (TPSA) is 31.2 Å². The quantitative estimate of drug-likeness (QED) is 0.701. The fraction of sp³-hybridized carbons (Fsp3) is 0.312. The molecule has 4 rings (SSSR count). The summed E-state index contributed by atoms with van der Waals surface area (Å²) in [6, 6.07) is 11.8. The van der Waals surface area contributed by atoms with Crippen LogP contribution in [0.25, 0.3) is 0 Å². The lowest BCUT2D eigenvalue weighted by Gasteiger charge is -2.08. The highest BCUT2D eigenvalue weighted by Gasteiger charge is 2.80. The first-order valence-electron chi connectivity index (χ1n) is 6.74. The standard InChI is InChI=1S/C16H13Br2NO2/c1-21-11-6-4-10(5-7-11)13-15(16(13,17)18)9-19-8-2-3-12(19)14(15)20/h2-8,13H,9H2,1H3/t13-,15+/m1/s1. The molecule has 2 atom stereocenters. The Hall–Kier alpha value is -1.07. The summed E-state index contributed by atoms with van der Waals surface area (Å²) in [5, 5.41) is 0. The minimum Gasteiger partial charge on any atom is -0.497 e. The highest BCUT2D eigenvalue weighted by molar-refractivity contribution is 9.25. The number of fused-ring (bicyclic) bond motifs is 1. The summed E-state index contributed by atoms with van der Waals surface area (Å²) in [6.45, 7) is 0.710. The van der Waals surface area contributed by atoms with Crippen LogP contribution in [0.3, 0.4) is 0 Å². The number of carbonyl (C=O) groups is 1. The van der Waals surface area contributed by atoms with Gasteiger partial charge in [0.1, 0.15) is 8.98 Å². The summed E-state index contributed by atoms with van der Waals surface area (Å²) in [4.78, 5) is 12.9. The Morgan fingerprint density at radius 3 is 2.57 bits per heavy atom. The molecule has 1 aliphatic carbocycles. The van der Waals surface area contributed by atoms with Crippen molar-refractivity contribution in [2.45, 2.75) is 15.7 Å². The van der Waals surface area contributed by atoms with Crippen molar-refractivity contribution in [3.8, 4) is 5.75 Å². The summed E-state index contributed by atoms with van der Waals surface area (Å²) in [5.41, 5.74) is 1.51. The number of benzene rings is 1. The van der Waals surface area contributed by atoms with E-state index in [4.69, 9.17) is 4.74 Å². The van der Waals surface area contributed by atoms with Crippen LogP contribution in [0.15, 0.2) is 42.6 Å². The molecule has 2 heterocycles. The molecule has 0 N–H and O–H groups in total. The second-order valence-corrected chi connectivity index (χ2v) is 9.22. The zero-order valence-corrected chi connectivity index (χ0v) is 14.5. The number of halogens is 2. The molecule has 2 aliphatic rings. The van der Waals surface area contributed by atoms with Crippen molar-refractivity contribution >= 4 is 37.6 Å². The minimum absolute atomic E-state index is 0.114. The van der Waals surface area contributed by atoms with Gasteiger partial charge in [0.05, 0.1) is 18.2 Å². The molecule has 0 saturated heterocycles. The first-order valence-corrected chi connectivity index (χ1v) is 8.32. The summed E-state index contributed by atoms with van der Waals surface area (Å²) in [6.07, 6.45) is 1.97. The van der Waals surface area contributed by atoms with Crippen LogP contribution in [0.1, 0.15) is 22.0 Å². The van der Waals surface area contributed by atoms with Gasteiger partial charge in [0.2, 0.25) is 0 Å². The predicted molar refractivity (Wildman–Crippen MR) is 87.5 cm³/mol. The lowest BCUT2D eigenvalue weighted by molar-refractivity contribution is 0.0914. The van der Waals surface area contributed by atoms with E-state index in [-0.39, 0.29) is 14.9 Å². The highest BCUT2D eigenvalue weighted by Crippen LogP contribution is 2.78. The van der Waals surface area contributed by atoms with E-state index in [1.165, 1.54) is 0 Å². The van der Waals surface area contributed by atoms with E-state index < -0.39 is 5.41 Å². The summed E-state index contributed by atoms with van der Waals surface area (Å²) in [7, 11) is 1.65. The van der Waals surface area contributed by atoms with E-state index in [1.807, 2.05) is 47.2 Å². The number of ketones is 1. The van der Waals surface area contributed by atoms with E-state index in [1.54, 1.807) is 7.11 Å². The van der Waals surface area contributed by atoms with Gasteiger partial charge in [0.15, 0.2) is 5.78 Å². The predicted octanol–water partition coefficient (Wildman–Crippen LogP) is 3.96. The van der Waals surface area contributed by atoms with Gasteiger partial charge < -0.3 is 9.30 Å². The van der Waals surface area contributed by atoms with E-state index in [2.05, 4.69) is 31.9 Å². The maximum atomic E-state index is 12.9. The maximum absolute atomic E-state index is 12.9. The Morgan fingerprint density at radius 2 is 1.95 bits per heavy atom. The van der Waals surface area contributed by atoms with Crippen molar-refractivity contribution in [1.82, 2.24) is 4.57 Å². The van der Waals surface area contributed by atoms with Crippen LogP contribution >= 0.6 is 31.9 Å². The van der Waals surface area contributed by atoms with Crippen molar-refractivity contribution in [2.24, 2.45) is 5.41 Å². The molecule has 2 aromatic rings. The minimum atomic E-state index is -0.432. The number of methoxy groups -OCH3 is 1. The molecule has 1 fully saturated rings. The molecule has 0 unspecified atom stereocenters. The van der Waals surface area contributed by atoms with Crippen LogP contribution in [0.5, 0.6) is 5.75 Å². The number of ether oxygens (including phenoxy) is 1. The van der Waals surface area contributed by atoms with Gasteiger partial charge >= 0.3 is 0 Å². The number of aromatic nitrogens is 1. The number of hydrogen-bond acceptors (Lipinski definition) is 2. The van der Waals surface area contributed by atoms with Crippen molar-refractivity contribution in [2.75, 3.05) is 7.11 Å². The molecule has 3 nitrogen and oxygen atoms in total. The fourth-order valence-corrected chi connectivity index (χ4v) is 5.70. The van der Waals surface area contributed by atoms with E-state index in [9.17, 15) is 4.79 Å². The van der Waals surface area contributed by atoms with Crippen molar-refractivity contribution < 1.29 is 9.53 Å². The lowest BCUT2D eigenvalue weighted by Crippen LogP contribution is -2.18. The Kier molecular flexibility index (Phi) is 2.74. The molecule has 0 bridgehead atoms. The zero-order chi connectivity index (χ0) is 14.8. The summed E-state index contributed by atoms with van der Waals surface area (Å²) < 4.78 is 6.87. The molecule has 1 aromatic heterocycles. The number of Topliss-reactive ketones (excluding diaryl/α,β-unsaturated/α-hetero) is 1. The van der Waals surface area contributed by atoms with Crippen LogP contribution in [0, 0.1) is 5.41 Å². The van der Waals surface area contributed by atoms with Gasteiger partial charge in [-0.15, -0.1) is 0 Å². The van der Waals surface area contributed by atoms with Gasteiger partial charge in [-0.1, -0.05) is 44.0 Å². The monoisotopic (exact) mass is 409 g/mol. The molecular weight excluding hydrogens is 398 g/mol. The molecule has 1 aliphatic heterocycles. The van der Waals surface area contributed by atoms with Crippen LogP contribution < -0.4 is 4.74 Å². The first-order chi connectivity index (χ1) is 10.0. The number of nitrogens with zero attached hydrogens (tertiary/aromatic N) is 1. The van der Waals surface area contributed by atoms with Gasteiger partial charge in [-0.05, 0) is 29.8 Å². The van der Waals surface area contributed by atoms with Crippen LogP contribution in [0.4, 0.5) is 0 Å². The molecule has 108 valence electrons. The summed E-state index contributed by atoms with van der Waals surface area (Å²) >= 11 is 7.49. The molecule has 1 aromatic carbocycles. The molecule has 0 amide bonds. The van der Waals surface area contributed by atoms with Gasteiger partial charge in [-0.25, -0.2) is 0 Å². The molecule has 0 radical (unpaired) electrons. The van der Waals surface area contributed by atoms with Gasteiger partial charge in [-0.3, -0.25) is 4.79 Å². The third-order valence-electron chi connectivity index (χ3n) is 4.70. The van der Waals surface area contributed by atoms with E-state index >= 15 is 0 Å². The van der Waals surface area contributed by atoms with E-state index in [0.717, 1.165) is 17.0 Å². The fourth-order valence-electron chi connectivity index (χ4n) is 3.55. The largest absolute Gasteiger partial charge is 0.497 e. The van der Waals surface area contributed by atoms with Gasteiger partial charge in [0.25, 0.3) is 0 Å². The van der Waals surface area contributed by atoms with Crippen LogP contribution in [0.2, 0.25) is 0 Å². The summed E-state index contributed by atoms with van der Waals surface area (Å²) in [5.74, 6) is 1.15. The molecule has 5 heteroatoms. The Labute approximate surface area is 139 Å². The second kappa shape index (κ2) is 4.23. The average molecular weight is 411 g/mol. The zero-order valence-electron chi connectivity index (χ0n) is 11.3. The smallest absolute Gasteiger partial charge is 0.190 e. The van der Waals surface area contributed by atoms with Crippen molar-refractivity contribution in [1.29, 1.82) is 0 Å². The van der Waals surface area contributed by atoms with Crippen LogP contribution in [-0.2, 0) is 6.54 Å².